The van der Waals surface area contributed by atoms with Crippen LogP contribution in [0.3, 0.4) is 0 Å². The van der Waals surface area contributed by atoms with E-state index < -0.39 is 23.8 Å². The zero-order valence-electron chi connectivity index (χ0n) is 30.2. The number of halogens is 1. The number of imide groups is 1. The number of piperazine rings is 1. The number of rotatable bonds is 10. The molecule has 2 unspecified atom stereocenters. The van der Waals surface area contributed by atoms with Crippen molar-refractivity contribution in [2.75, 3.05) is 54.8 Å². The molecule has 286 valence electrons. The van der Waals surface area contributed by atoms with E-state index in [1.165, 1.54) is 22.3 Å². The number of aromatic hydroxyl groups is 1. The van der Waals surface area contributed by atoms with E-state index in [4.69, 9.17) is 0 Å². The van der Waals surface area contributed by atoms with Gasteiger partial charge in [0, 0.05) is 98.9 Å². The van der Waals surface area contributed by atoms with Gasteiger partial charge in [0.05, 0.1) is 0 Å². The van der Waals surface area contributed by atoms with Crippen molar-refractivity contribution >= 4 is 51.5 Å². The van der Waals surface area contributed by atoms with Gasteiger partial charge in [0.25, 0.3) is 11.8 Å². The molecular formula is C40H43FN8O5S. The third-order valence-electron chi connectivity index (χ3n) is 11.2. The highest BCUT2D eigenvalue weighted by molar-refractivity contribution is 7.13. The summed E-state index contributed by atoms with van der Waals surface area (Å²) in [6.07, 6.45) is 4.36. The zero-order chi connectivity index (χ0) is 38.1. The molecule has 3 aromatic carbocycles. The summed E-state index contributed by atoms with van der Waals surface area (Å²) in [5.74, 6) is -2.35. The maximum absolute atomic E-state index is 14.4. The van der Waals surface area contributed by atoms with E-state index in [0.29, 0.717) is 29.6 Å². The molecule has 1 aromatic heterocycles. The summed E-state index contributed by atoms with van der Waals surface area (Å²) in [6.45, 7) is 6.41. The minimum absolute atomic E-state index is 0.00458. The Morgan fingerprint density at radius 1 is 0.982 bits per heavy atom. The van der Waals surface area contributed by atoms with E-state index in [0.717, 1.165) is 93.3 Å². The highest BCUT2D eigenvalue weighted by Gasteiger charge is 2.40. The molecule has 4 aliphatic heterocycles. The second kappa shape index (κ2) is 15.8. The van der Waals surface area contributed by atoms with Crippen LogP contribution in [0.4, 0.5) is 20.9 Å². The monoisotopic (exact) mass is 766 g/mol. The average molecular weight is 767 g/mol. The molecule has 4 aliphatic rings. The molecule has 0 spiro atoms. The lowest BCUT2D eigenvalue weighted by atomic mass is 10.0. The number of benzene rings is 3. The highest BCUT2D eigenvalue weighted by Crippen LogP contribution is 2.38. The van der Waals surface area contributed by atoms with Gasteiger partial charge in [-0.3, -0.25) is 39.6 Å². The smallest absolute Gasteiger partial charge is 0.255 e. The number of phenolic OH excluding ortho intramolecular Hbond substituents is 1. The number of amides is 4. The summed E-state index contributed by atoms with van der Waals surface area (Å²) in [5.41, 5.74) is 4.26. The van der Waals surface area contributed by atoms with Crippen LogP contribution in [0.15, 0.2) is 72.2 Å². The molecule has 3 fully saturated rings. The molecule has 0 bridgehead atoms. The quantitative estimate of drug-likeness (QED) is 0.172. The molecule has 4 amide bonds. The van der Waals surface area contributed by atoms with Crippen LogP contribution in [0.5, 0.6) is 5.75 Å². The van der Waals surface area contributed by atoms with E-state index in [1.807, 2.05) is 36.4 Å². The third-order valence-corrected chi connectivity index (χ3v) is 11.9. The predicted octanol–water partition coefficient (Wildman–Crippen LogP) is 4.33. The van der Waals surface area contributed by atoms with Crippen LogP contribution in [0.25, 0.3) is 0 Å². The largest absolute Gasteiger partial charge is 0.508 e. The first-order valence-corrected chi connectivity index (χ1v) is 19.6. The Kier molecular flexibility index (Phi) is 10.5. The van der Waals surface area contributed by atoms with Crippen LogP contribution < -0.4 is 20.9 Å². The molecule has 5 heterocycles. The van der Waals surface area contributed by atoms with Crippen LogP contribution in [0, 0.1) is 5.82 Å². The Bertz CT molecular complexity index is 2080. The van der Waals surface area contributed by atoms with Crippen molar-refractivity contribution in [3.05, 3.63) is 100 Å². The number of para-hydroxylation sites is 1. The number of phenols is 1. The normalized spacial score (nSPS) is 20.3. The van der Waals surface area contributed by atoms with Gasteiger partial charge in [-0.05, 0) is 66.8 Å². The van der Waals surface area contributed by atoms with E-state index in [9.17, 15) is 28.7 Å². The van der Waals surface area contributed by atoms with Gasteiger partial charge in [0.15, 0.2) is 5.13 Å². The second-order valence-electron chi connectivity index (χ2n) is 14.5. The summed E-state index contributed by atoms with van der Waals surface area (Å²) >= 11 is 1.22. The Balaban J connectivity index is 0.869. The van der Waals surface area contributed by atoms with E-state index in [1.54, 1.807) is 11.6 Å². The second-order valence-corrected chi connectivity index (χ2v) is 15.4. The predicted molar refractivity (Wildman–Crippen MR) is 206 cm³/mol. The fourth-order valence-electron chi connectivity index (χ4n) is 8.21. The standard InChI is InChI=1S/C40H43FN8O5S/c41-27-6-9-34(50)31(21-27)36(38(53)45-40-42-13-20-55-40)49-24-25-5-7-29(22-30(25)39(49)54)47-14-11-28(12-15-47)48-18-16-46(17-19-48)23-26-3-1-2-4-32(26)43-33-8-10-35(51)44-37(33)52/h1-7,9,13,20-22,28,33,36,43,50H,8,10-12,14-19,23-24H2,(H,42,45,53)(H,44,51,52). The molecule has 2 atom stereocenters. The molecule has 13 nitrogen and oxygen atoms in total. The molecule has 4 N–H and O–H groups in total. The van der Waals surface area contributed by atoms with Gasteiger partial charge >= 0.3 is 0 Å². The van der Waals surface area contributed by atoms with E-state index in [2.05, 4.69) is 41.7 Å². The average Bonchev–Trinajstić information content (AvgIpc) is 3.82. The number of anilines is 3. The lowest BCUT2D eigenvalue weighted by Gasteiger charge is -2.43. The molecule has 8 rings (SSSR count). The molecule has 3 saturated heterocycles. The van der Waals surface area contributed by atoms with E-state index >= 15 is 0 Å². The van der Waals surface area contributed by atoms with Crippen molar-refractivity contribution in [3.63, 3.8) is 0 Å². The lowest BCUT2D eigenvalue weighted by molar-refractivity contribution is -0.133. The number of carbonyl (C=O) groups is 4. The molecule has 0 saturated carbocycles. The maximum atomic E-state index is 14.4. The van der Waals surface area contributed by atoms with Crippen LogP contribution in [-0.2, 0) is 27.5 Å². The minimum Gasteiger partial charge on any atom is -0.508 e. The molecule has 0 aliphatic carbocycles. The number of aromatic nitrogens is 1. The number of nitrogens with one attached hydrogen (secondary N) is 3. The molecule has 4 aromatic rings. The van der Waals surface area contributed by atoms with Crippen LogP contribution >= 0.6 is 11.3 Å². The summed E-state index contributed by atoms with van der Waals surface area (Å²) in [5, 5.41) is 21.3. The molecule has 15 heteroatoms. The number of fused-ring (bicyclic) bond motifs is 1. The van der Waals surface area contributed by atoms with Gasteiger partial charge in [-0.15, -0.1) is 11.3 Å². The van der Waals surface area contributed by atoms with Crippen molar-refractivity contribution in [1.82, 2.24) is 25.0 Å². The maximum Gasteiger partial charge on any atom is 0.255 e. The third kappa shape index (κ3) is 7.90. The summed E-state index contributed by atoms with van der Waals surface area (Å²) in [6, 6.07) is 16.1. The summed E-state index contributed by atoms with van der Waals surface area (Å²) in [7, 11) is 0. The zero-order valence-corrected chi connectivity index (χ0v) is 31.1. The van der Waals surface area contributed by atoms with Crippen molar-refractivity contribution < 1.29 is 28.7 Å². The van der Waals surface area contributed by atoms with Gasteiger partial charge in [-0.25, -0.2) is 9.37 Å². The van der Waals surface area contributed by atoms with Crippen molar-refractivity contribution in [1.29, 1.82) is 0 Å². The number of hydrogen-bond donors (Lipinski definition) is 4. The number of piperidine rings is 2. The Labute approximate surface area is 322 Å². The highest BCUT2D eigenvalue weighted by atomic mass is 32.1. The topological polar surface area (TPSA) is 150 Å². The van der Waals surface area contributed by atoms with Crippen LogP contribution in [0.2, 0.25) is 0 Å². The summed E-state index contributed by atoms with van der Waals surface area (Å²) < 4.78 is 14.4. The lowest BCUT2D eigenvalue weighted by Crippen LogP contribution is -2.53. The molecule has 55 heavy (non-hydrogen) atoms. The molecular weight excluding hydrogens is 724 g/mol. The first-order valence-electron chi connectivity index (χ1n) is 18.7. The first-order chi connectivity index (χ1) is 26.7. The Hall–Kier alpha value is -5.38. The summed E-state index contributed by atoms with van der Waals surface area (Å²) in [4.78, 5) is 64.4. The number of thiazole rings is 1. The fraction of sp³-hybridized carbons (Fsp3) is 0.375. The van der Waals surface area contributed by atoms with Crippen molar-refractivity contribution in [3.8, 4) is 5.75 Å². The van der Waals surface area contributed by atoms with Crippen molar-refractivity contribution in [2.24, 2.45) is 0 Å². The van der Waals surface area contributed by atoms with Crippen LogP contribution in [-0.4, -0.2) is 99.8 Å². The van der Waals surface area contributed by atoms with Crippen molar-refractivity contribution in [2.45, 2.75) is 56.9 Å². The first kappa shape index (κ1) is 36.6. The van der Waals surface area contributed by atoms with Gasteiger partial charge in [0.2, 0.25) is 11.8 Å². The minimum atomic E-state index is -1.27. The van der Waals surface area contributed by atoms with E-state index in [-0.39, 0.29) is 35.6 Å². The van der Waals surface area contributed by atoms with Gasteiger partial charge < -0.3 is 20.2 Å². The Morgan fingerprint density at radius 3 is 2.55 bits per heavy atom. The van der Waals surface area contributed by atoms with Gasteiger partial charge in [0.1, 0.15) is 23.7 Å². The molecule has 0 radical (unpaired) electrons. The Morgan fingerprint density at radius 2 is 1.78 bits per heavy atom. The SMILES string of the molecule is O=C1CCC(Nc2ccccc2CN2CCN(C3CCN(c4ccc5c(c4)C(=O)N(C(C(=O)Nc4nccs4)c4cc(F)ccc4O)C5)CC3)CC2)C(=O)N1. The fourth-order valence-corrected chi connectivity index (χ4v) is 8.74. The van der Waals surface area contributed by atoms with Gasteiger partial charge in [-0.1, -0.05) is 24.3 Å². The number of hydrogen-bond acceptors (Lipinski definition) is 11. The number of carbonyl (C=O) groups excluding carboxylic acids is 4. The van der Waals surface area contributed by atoms with Gasteiger partial charge in [-0.2, -0.15) is 0 Å². The number of nitrogens with zero attached hydrogens (tertiary/aromatic N) is 5. The van der Waals surface area contributed by atoms with Crippen LogP contribution in [0.1, 0.15) is 58.8 Å².